The summed E-state index contributed by atoms with van der Waals surface area (Å²) in [5.74, 6) is 1.58. The van der Waals surface area contributed by atoms with Gasteiger partial charge in [0.25, 0.3) is 0 Å². The third-order valence-electron chi connectivity index (χ3n) is 5.58. The lowest BCUT2D eigenvalue weighted by atomic mass is 10.1. The number of likely N-dealkylation sites (tertiary alicyclic amines) is 1. The highest BCUT2D eigenvalue weighted by atomic mass is 32.2. The number of nitrogens with zero attached hydrogens (tertiary/aromatic N) is 2. The molecule has 1 saturated heterocycles. The maximum atomic E-state index is 6.10. The minimum Gasteiger partial charge on any atom is -0.493 e. The molecule has 0 bridgehead atoms. The molecule has 1 aliphatic heterocycles. The standard InChI is InChI=1S/C21H29N3O2S/c1-25-19-13-16-18(22-17-8-5-7-15(17)21(16)23-27-2)14-20(19)26-12-6-11-24-9-3-4-10-24/h13-14H,3-12H2,1-2H3,(H,22,23). The fraction of sp³-hybridized carbons (Fsp3) is 0.571. The molecule has 2 aromatic rings. The summed E-state index contributed by atoms with van der Waals surface area (Å²) in [6.45, 7) is 4.29. The Morgan fingerprint density at radius 2 is 2.00 bits per heavy atom. The molecule has 0 unspecified atom stereocenters. The van der Waals surface area contributed by atoms with E-state index in [1.165, 1.54) is 49.3 Å². The molecule has 6 heteroatoms. The van der Waals surface area contributed by atoms with E-state index in [1.54, 1.807) is 19.1 Å². The Morgan fingerprint density at radius 1 is 1.15 bits per heavy atom. The third kappa shape index (κ3) is 3.97. The van der Waals surface area contributed by atoms with Crippen LogP contribution < -0.4 is 14.2 Å². The van der Waals surface area contributed by atoms with E-state index in [4.69, 9.17) is 14.5 Å². The maximum Gasteiger partial charge on any atom is 0.163 e. The molecule has 0 amide bonds. The van der Waals surface area contributed by atoms with Crippen molar-refractivity contribution in [1.82, 2.24) is 9.88 Å². The van der Waals surface area contributed by atoms with E-state index in [2.05, 4.69) is 21.9 Å². The highest BCUT2D eigenvalue weighted by molar-refractivity contribution is 7.99. The molecule has 1 aromatic carbocycles. The van der Waals surface area contributed by atoms with Crippen LogP contribution in [0.2, 0.25) is 0 Å². The van der Waals surface area contributed by atoms with Crippen molar-refractivity contribution in [3.63, 3.8) is 0 Å². The average Bonchev–Trinajstić information content (AvgIpc) is 3.36. The van der Waals surface area contributed by atoms with Crippen LogP contribution in [0.3, 0.4) is 0 Å². The van der Waals surface area contributed by atoms with Crippen molar-refractivity contribution >= 4 is 28.5 Å². The second kappa shape index (κ2) is 8.57. The fourth-order valence-corrected chi connectivity index (χ4v) is 4.68. The van der Waals surface area contributed by atoms with Gasteiger partial charge < -0.3 is 19.1 Å². The van der Waals surface area contributed by atoms with Gasteiger partial charge in [-0.15, -0.1) is 0 Å². The first-order chi connectivity index (χ1) is 13.3. The lowest BCUT2D eigenvalue weighted by Gasteiger charge is -2.17. The van der Waals surface area contributed by atoms with Crippen LogP contribution in [0.1, 0.15) is 36.9 Å². The van der Waals surface area contributed by atoms with Crippen molar-refractivity contribution in [2.45, 2.75) is 38.5 Å². The largest absolute Gasteiger partial charge is 0.493 e. The zero-order valence-electron chi connectivity index (χ0n) is 16.3. The first-order valence-corrected chi connectivity index (χ1v) is 11.2. The fourth-order valence-electron chi connectivity index (χ4n) is 4.24. The zero-order valence-corrected chi connectivity index (χ0v) is 17.2. The van der Waals surface area contributed by atoms with Gasteiger partial charge in [-0.05, 0) is 63.2 Å². The molecule has 0 radical (unpaired) electrons. The van der Waals surface area contributed by atoms with Gasteiger partial charge in [0, 0.05) is 29.9 Å². The molecule has 1 fully saturated rings. The molecule has 4 rings (SSSR count). The van der Waals surface area contributed by atoms with Crippen molar-refractivity contribution in [2.24, 2.45) is 0 Å². The van der Waals surface area contributed by atoms with Crippen molar-refractivity contribution in [2.75, 3.05) is 44.3 Å². The number of rotatable bonds is 8. The van der Waals surface area contributed by atoms with E-state index < -0.39 is 0 Å². The van der Waals surface area contributed by atoms with Gasteiger partial charge in [0.15, 0.2) is 11.5 Å². The molecule has 0 saturated carbocycles. The number of aromatic nitrogens is 1. The summed E-state index contributed by atoms with van der Waals surface area (Å²) in [4.78, 5) is 7.45. The molecule has 1 aliphatic carbocycles. The maximum absolute atomic E-state index is 6.10. The molecule has 1 aromatic heterocycles. The summed E-state index contributed by atoms with van der Waals surface area (Å²) in [5, 5.41) is 1.12. The van der Waals surface area contributed by atoms with Crippen LogP contribution in [0.5, 0.6) is 11.5 Å². The monoisotopic (exact) mass is 387 g/mol. The van der Waals surface area contributed by atoms with Crippen LogP contribution in [0.25, 0.3) is 10.9 Å². The quantitative estimate of drug-likeness (QED) is 0.539. The molecule has 0 atom stereocenters. The summed E-state index contributed by atoms with van der Waals surface area (Å²) in [6, 6.07) is 4.13. The number of pyridine rings is 1. The molecule has 2 heterocycles. The normalized spacial score (nSPS) is 16.7. The number of benzene rings is 1. The number of hydrogen-bond donors (Lipinski definition) is 1. The van der Waals surface area contributed by atoms with Gasteiger partial charge in [0.05, 0.1) is 24.9 Å². The van der Waals surface area contributed by atoms with E-state index >= 15 is 0 Å². The highest BCUT2D eigenvalue weighted by Gasteiger charge is 2.21. The second-order valence-electron chi connectivity index (χ2n) is 7.34. The van der Waals surface area contributed by atoms with Crippen LogP contribution in [-0.4, -0.2) is 49.5 Å². The first-order valence-electron chi connectivity index (χ1n) is 9.98. The van der Waals surface area contributed by atoms with Crippen LogP contribution in [-0.2, 0) is 12.8 Å². The van der Waals surface area contributed by atoms with Gasteiger partial charge in [0.1, 0.15) is 0 Å². The molecule has 5 nitrogen and oxygen atoms in total. The minimum atomic E-state index is 0.708. The Labute approximate surface area is 165 Å². The predicted molar refractivity (Wildman–Crippen MR) is 113 cm³/mol. The Bertz CT molecular complexity index is 806. The number of methoxy groups -OCH3 is 1. The molecule has 146 valence electrons. The predicted octanol–water partition coefficient (Wildman–Crippen LogP) is 4.29. The lowest BCUT2D eigenvalue weighted by molar-refractivity contribution is 0.254. The number of hydrogen-bond acceptors (Lipinski definition) is 6. The van der Waals surface area contributed by atoms with Gasteiger partial charge in [-0.3, -0.25) is 4.98 Å². The van der Waals surface area contributed by atoms with E-state index in [-0.39, 0.29) is 0 Å². The van der Waals surface area contributed by atoms with Gasteiger partial charge in [-0.1, -0.05) is 11.9 Å². The summed E-state index contributed by atoms with van der Waals surface area (Å²) < 4.78 is 15.2. The number of aryl methyl sites for hydroxylation is 1. The molecule has 0 spiro atoms. The van der Waals surface area contributed by atoms with E-state index in [1.807, 2.05) is 6.07 Å². The molecule has 27 heavy (non-hydrogen) atoms. The van der Waals surface area contributed by atoms with Gasteiger partial charge in [0.2, 0.25) is 0 Å². The first kappa shape index (κ1) is 18.7. The van der Waals surface area contributed by atoms with Crippen LogP contribution in [0, 0.1) is 0 Å². The topological polar surface area (TPSA) is 46.6 Å². The Morgan fingerprint density at radius 3 is 2.78 bits per heavy atom. The van der Waals surface area contributed by atoms with Crippen molar-refractivity contribution in [3.05, 3.63) is 23.4 Å². The van der Waals surface area contributed by atoms with E-state index in [0.717, 1.165) is 48.2 Å². The number of anilines is 1. The Balaban J connectivity index is 1.56. The van der Waals surface area contributed by atoms with Crippen LogP contribution >= 0.6 is 11.9 Å². The number of fused-ring (bicyclic) bond motifs is 2. The van der Waals surface area contributed by atoms with Crippen molar-refractivity contribution in [3.8, 4) is 11.5 Å². The minimum absolute atomic E-state index is 0.708. The smallest absolute Gasteiger partial charge is 0.163 e. The summed E-state index contributed by atoms with van der Waals surface area (Å²) in [6.07, 6.45) is 9.10. The molecule has 2 aliphatic rings. The van der Waals surface area contributed by atoms with Gasteiger partial charge in [-0.2, -0.15) is 0 Å². The molecule has 1 N–H and O–H groups in total. The van der Waals surface area contributed by atoms with E-state index in [9.17, 15) is 0 Å². The second-order valence-corrected chi connectivity index (χ2v) is 7.96. The SMILES string of the molecule is COc1cc2c(NSC)c3c(nc2cc1OCCCN1CCCC1)CCC3. The number of ether oxygens (including phenoxy) is 2. The van der Waals surface area contributed by atoms with Gasteiger partial charge >= 0.3 is 0 Å². The average molecular weight is 388 g/mol. The number of nitrogens with one attached hydrogen (secondary N) is 1. The highest BCUT2D eigenvalue weighted by Crippen LogP contribution is 2.40. The molecular formula is C21H29N3O2S. The molecular weight excluding hydrogens is 358 g/mol. The van der Waals surface area contributed by atoms with E-state index in [0.29, 0.717) is 6.61 Å². The zero-order chi connectivity index (χ0) is 18.6. The Kier molecular flexibility index (Phi) is 5.93. The summed E-state index contributed by atoms with van der Waals surface area (Å²) >= 11 is 1.63. The summed E-state index contributed by atoms with van der Waals surface area (Å²) in [7, 11) is 1.71. The lowest BCUT2D eigenvalue weighted by Crippen LogP contribution is -2.21. The van der Waals surface area contributed by atoms with Crippen molar-refractivity contribution in [1.29, 1.82) is 0 Å². The third-order valence-corrected chi connectivity index (χ3v) is 5.98. The van der Waals surface area contributed by atoms with Crippen LogP contribution in [0.15, 0.2) is 12.1 Å². The van der Waals surface area contributed by atoms with Crippen molar-refractivity contribution < 1.29 is 9.47 Å². The van der Waals surface area contributed by atoms with Gasteiger partial charge in [-0.25, -0.2) is 0 Å². The van der Waals surface area contributed by atoms with Crippen LogP contribution in [0.4, 0.5) is 5.69 Å². The Hall–Kier alpha value is -1.66. The summed E-state index contributed by atoms with van der Waals surface area (Å²) in [5.41, 5.74) is 4.77.